The van der Waals surface area contributed by atoms with Crippen molar-refractivity contribution in [1.82, 2.24) is 10.2 Å². The molecule has 1 rings (SSSR count). The maximum Gasteiger partial charge on any atom is 0.0332 e. The van der Waals surface area contributed by atoms with E-state index in [9.17, 15) is 0 Å². The molecule has 1 aromatic carbocycles. The average molecular weight is 220 g/mol. The molecular formula is C14H24N2. The topological polar surface area (TPSA) is 15.3 Å². The van der Waals surface area contributed by atoms with Gasteiger partial charge in [0, 0.05) is 6.04 Å². The van der Waals surface area contributed by atoms with Gasteiger partial charge in [-0.3, -0.25) is 0 Å². The molecule has 0 amide bonds. The molecule has 0 aliphatic carbocycles. The van der Waals surface area contributed by atoms with E-state index < -0.39 is 0 Å². The molecule has 0 aromatic heterocycles. The normalized spacial score (nSPS) is 13.1. The largest absolute Gasteiger partial charge is 0.313 e. The first-order valence-electron chi connectivity index (χ1n) is 5.93. The van der Waals surface area contributed by atoms with Crippen LogP contribution >= 0.6 is 0 Å². The third kappa shape index (κ3) is 3.62. The maximum atomic E-state index is 3.41. The van der Waals surface area contributed by atoms with E-state index in [0.717, 1.165) is 13.0 Å². The van der Waals surface area contributed by atoms with E-state index in [1.165, 1.54) is 16.7 Å². The lowest BCUT2D eigenvalue weighted by molar-refractivity contribution is 0.368. The Hall–Kier alpha value is -0.860. The first-order chi connectivity index (χ1) is 7.54. The summed E-state index contributed by atoms with van der Waals surface area (Å²) in [6.45, 7) is 5.45. The predicted molar refractivity (Wildman–Crippen MR) is 70.9 cm³/mol. The minimum atomic E-state index is 0.461. The second-order valence-corrected chi connectivity index (χ2v) is 4.79. The smallest absolute Gasteiger partial charge is 0.0332 e. The van der Waals surface area contributed by atoms with Crippen LogP contribution < -0.4 is 5.32 Å². The van der Waals surface area contributed by atoms with Crippen LogP contribution in [0.15, 0.2) is 18.2 Å². The highest BCUT2D eigenvalue weighted by molar-refractivity contribution is 5.32. The molecule has 0 bridgehead atoms. The van der Waals surface area contributed by atoms with Crippen molar-refractivity contribution in [1.29, 1.82) is 0 Å². The predicted octanol–water partition coefficient (Wildman–Crippen LogP) is 2.52. The van der Waals surface area contributed by atoms with Gasteiger partial charge in [-0.1, -0.05) is 23.8 Å². The highest BCUT2D eigenvalue weighted by atomic mass is 15.1. The molecule has 0 saturated carbocycles. The number of nitrogens with one attached hydrogen (secondary N) is 1. The minimum Gasteiger partial charge on any atom is -0.313 e. The molecule has 1 unspecified atom stereocenters. The molecular weight excluding hydrogens is 196 g/mol. The van der Waals surface area contributed by atoms with Gasteiger partial charge in [0.25, 0.3) is 0 Å². The summed E-state index contributed by atoms with van der Waals surface area (Å²) < 4.78 is 0. The van der Waals surface area contributed by atoms with Crippen molar-refractivity contribution in [3.05, 3.63) is 34.9 Å². The molecule has 1 N–H and O–H groups in total. The monoisotopic (exact) mass is 220 g/mol. The fourth-order valence-electron chi connectivity index (χ4n) is 2.06. The van der Waals surface area contributed by atoms with Crippen molar-refractivity contribution >= 4 is 0 Å². The second-order valence-electron chi connectivity index (χ2n) is 4.79. The molecule has 2 heteroatoms. The van der Waals surface area contributed by atoms with Gasteiger partial charge < -0.3 is 10.2 Å². The van der Waals surface area contributed by atoms with Crippen molar-refractivity contribution in [2.24, 2.45) is 0 Å². The first-order valence-corrected chi connectivity index (χ1v) is 5.93. The lowest BCUT2D eigenvalue weighted by Gasteiger charge is -2.21. The van der Waals surface area contributed by atoms with Crippen LogP contribution in [0, 0.1) is 13.8 Å². The van der Waals surface area contributed by atoms with Gasteiger partial charge in [-0.05, 0) is 59.1 Å². The Bertz CT molecular complexity index is 332. The fourth-order valence-corrected chi connectivity index (χ4v) is 2.06. The second kappa shape index (κ2) is 6.02. The van der Waals surface area contributed by atoms with E-state index in [-0.39, 0.29) is 0 Å². The molecule has 0 aliphatic heterocycles. The third-order valence-electron chi connectivity index (χ3n) is 3.01. The van der Waals surface area contributed by atoms with Crippen LogP contribution in [0.25, 0.3) is 0 Å². The Balaban J connectivity index is 2.78. The summed E-state index contributed by atoms with van der Waals surface area (Å²) in [6, 6.07) is 7.17. The van der Waals surface area contributed by atoms with Crippen LogP contribution in [0.3, 0.4) is 0 Å². The van der Waals surface area contributed by atoms with Crippen LogP contribution in [0.5, 0.6) is 0 Å². The number of rotatable bonds is 5. The summed E-state index contributed by atoms with van der Waals surface area (Å²) in [5.41, 5.74) is 4.15. The van der Waals surface area contributed by atoms with E-state index in [1.54, 1.807) is 0 Å². The SMILES string of the molecule is CNC(CCN(C)C)c1ccc(C)cc1C. The van der Waals surface area contributed by atoms with Gasteiger partial charge in [0.1, 0.15) is 0 Å². The Labute approximate surface area is 99.7 Å². The summed E-state index contributed by atoms with van der Waals surface area (Å²) in [4.78, 5) is 2.23. The molecule has 0 heterocycles. The van der Waals surface area contributed by atoms with Crippen LogP contribution in [-0.4, -0.2) is 32.6 Å². The lowest BCUT2D eigenvalue weighted by atomic mass is 9.97. The van der Waals surface area contributed by atoms with E-state index in [1.807, 2.05) is 7.05 Å². The summed E-state index contributed by atoms with van der Waals surface area (Å²) in [7, 11) is 6.28. The molecule has 0 radical (unpaired) electrons. The highest BCUT2D eigenvalue weighted by Gasteiger charge is 2.11. The molecule has 0 saturated heterocycles. The van der Waals surface area contributed by atoms with Crippen LogP contribution in [-0.2, 0) is 0 Å². The van der Waals surface area contributed by atoms with Gasteiger partial charge in [-0.25, -0.2) is 0 Å². The molecule has 0 fully saturated rings. The molecule has 1 aromatic rings. The van der Waals surface area contributed by atoms with E-state index in [0.29, 0.717) is 6.04 Å². The summed E-state index contributed by atoms with van der Waals surface area (Å²) in [5.74, 6) is 0. The zero-order valence-corrected chi connectivity index (χ0v) is 11.2. The number of aryl methyl sites for hydroxylation is 2. The molecule has 0 aliphatic rings. The lowest BCUT2D eigenvalue weighted by Crippen LogP contribution is -2.23. The van der Waals surface area contributed by atoms with Gasteiger partial charge in [0.15, 0.2) is 0 Å². The van der Waals surface area contributed by atoms with Gasteiger partial charge in [-0.2, -0.15) is 0 Å². The highest BCUT2D eigenvalue weighted by Crippen LogP contribution is 2.21. The summed E-state index contributed by atoms with van der Waals surface area (Å²) in [5, 5.41) is 3.41. The third-order valence-corrected chi connectivity index (χ3v) is 3.01. The first kappa shape index (κ1) is 13.2. The Morgan fingerprint density at radius 3 is 2.44 bits per heavy atom. The van der Waals surface area contributed by atoms with Crippen molar-refractivity contribution in [3.8, 4) is 0 Å². The van der Waals surface area contributed by atoms with E-state index in [2.05, 4.69) is 56.4 Å². The summed E-state index contributed by atoms with van der Waals surface area (Å²) in [6.07, 6.45) is 1.15. The fraction of sp³-hybridized carbons (Fsp3) is 0.571. The van der Waals surface area contributed by atoms with Crippen molar-refractivity contribution < 1.29 is 0 Å². The Kier molecular flexibility index (Phi) is 4.97. The summed E-state index contributed by atoms with van der Waals surface area (Å²) >= 11 is 0. The van der Waals surface area contributed by atoms with Crippen LogP contribution in [0.4, 0.5) is 0 Å². The number of benzene rings is 1. The molecule has 0 spiro atoms. The number of nitrogens with zero attached hydrogens (tertiary/aromatic N) is 1. The van der Waals surface area contributed by atoms with Crippen molar-refractivity contribution in [3.63, 3.8) is 0 Å². The Morgan fingerprint density at radius 2 is 1.94 bits per heavy atom. The van der Waals surface area contributed by atoms with Crippen LogP contribution in [0.1, 0.15) is 29.2 Å². The molecule has 1 atom stereocenters. The van der Waals surface area contributed by atoms with Gasteiger partial charge >= 0.3 is 0 Å². The van der Waals surface area contributed by atoms with Gasteiger partial charge in [0.05, 0.1) is 0 Å². The standard InChI is InChI=1S/C14H24N2/c1-11-6-7-13(12(2)10-11)14(15-3)8-9-16(4)5/h6-7,10,14-15H,8-9H2,1-5H3. The van der Waals surface area contributed by atoms with E-state index in [4.69, 9.17) is 0 Å². The molecule has 2 nitrogen and oxygen atoms in total. The van der Waals surface area contributed by atoms with Gasteiger partial charge in [0.2, 0.25) is 0 Å². The zero-order valence-electron chi connectivity index (χ0n) is 11.2. The molecule has 90 valence electrons. The minimum absolute atomic E-state index is 0.461. The number of hydrogen-bond acceptors (Lipinski definition) is 2. The quantitative estimate of drug-likeness (QED) is 0.820. The van der Waals surface area contributed by atoms with Crippen LogP contribution in [0.2, 0.25) is 0 Å². The van der Waals surface area contributed by atoms with Gasteiger partial charge in [-0.15, -0.1) is 0 Å². The Morgan fingerprint density at radius 1 is 1.25 bits per heavy atom. The average Bonchev–Trinajstić information content (AvgIpc) is 2.21. The molecule has 16 heavy (non-hydrogen) atoms. The number of hydrogen-bond donors (Lipinski definition) is 1. The zero-order chi connectivity index (χ0) is 12.1. The maximum absolute atomic E-state index is 3.41. The van der Waals surface area contributed by atoms with Crippen molar-refractivity contribution in [2.75, 3.05) is 27.7 Å². The van der Waals surface area contributed by atoms with Crippen molar-refractivity contribution in [2.45, 2.75) is 26.3 Å². The van der Waals surface area contributed by atoms with E-state index >= 15 is 0 Å².